The van der Waals surface area contributed by atoms with Crippen LogP contribution < -0.4 is 0 Å². The Balaban J connectivity index is 2.25. The van der Waals surface area contributed by atoms with Crippen LogP contribution in [0.4, 0.5) is 0 Å². The van der Waals surface area contributed by atoms with Crippen LogP contribution in [0, 0.1) is 5.92 Å². The molecule has 1 aliphatic heterocycles. The molecule has 0 aromatic carbocycles. The van der Waals surface area contributed by atoms with Crippen molar-refractivity contribution in [2.75, 3.05) is 13.1 Å². The average Bonchev–Trinajstić information content (AvgIpc) is 2.77. The zero-order valence-electron chi connectivity index (χ0n) is 8.26. The van der Waals surface area contributed by atoms with Crippen LogP contribution in [0.25, 0.3) is 0 Å². The summed E-state index contributed by atoms with van der Waals surface area (Å²) >= 11 is 4.77. The van der Waals surface area contributed by atoms with Crippen molar-refractivity contribution in [2.24, 2.45) is 5.92 Å². The van der Waals surface area contributed by atoms with Gasteiger partial charge < -0.3 is 0 Å². The molecule has 84 valence electrons. The number of sulfonamides is 1. The van der Waals surface area contributed by atoms with Crippen LogP contribution in [0.3, 0.4) is 0 Å². The summed E-state index contributed by atoms with van der Waals surface area (Å²) in [6.45, 7) is 3.24. The van der Waals surface area contributed by atoms with E-state index in [1.165, 1.54) is 11.3 Å². The van der Waals surface area contributed by atoms with Crippen molar-refractivity contribution in [3.8, 4) is 0 Å². The molecule has 0 amide bonds. The summed E-state index contributed by atoms with van der Waals surface area (Å²) in [6.07, 6.45) is 0. The fourth-order valence-electron chi connectivity index (χ4n) is 1.62. The van der Waals surface area contributed by atoms with Gasteiger partial charge in [-0.05, 0) is 17.4 Å². The first kappa shape index (κ1) is 11.6. The maximum atomic E-state index is 12.1. The van der Waals surface area contributed by atoms with E-state index in [0.717, 1.165) is 0 Å². The number of nitrogens with zero attached hydrogens (tertiary/aromatic N) is 1. The summed E-state index contributed by atoms with van der Waals surface area (Å²) in [5, 5.41) is 1.79. The second-order valence-electron chi connectivity index (χ2n) is 3.75. The highest BCUT2D eigenvalue weighted by atomic mass is 79.9. The SMILES string of the molecule is CC1CN(S(=O)(=O)c2cccs2)CC1Br. The number of thiophene rings is 1. The van der Waals surface area contributed by atoms with E-state index >= 15 is 0 Å². The fourth-order valence-corrected chi connectivity index (χ4v) is 5.04. The van der Waals surface area contributed by atoms with Crippen molar-refractivity contribution in [1.82, 2.24) is 4.31 Å². The van der Waals surface area contributed by atoms with Crippen LogP contribution >= 0.6 is 27.3 Å². The maximum absolute atomic E-state index is 12.1. The molecule has 1 aromatic heterocycles. The van der Waals surface area contributed by atoms with Gasteiger partial charge in [0.15, 0.2) is 0 Å². The normalized spacial score (nSPS) is 28.4. The van der Waals surface area contributed by atoms with Gasteiger partial charge in [-0.25, -0.2) is 8.42 Å². The average molecular weight is 310 g/mol. The maximum Gasteiger partial charge on any atom is 0.252 e. The zero-order valence-corrected chi connectivity index (χ0v) is 11.5. The predicted octanol–water partition coefficient (Wildman–Crippen LogP) is 2.15. The van der Waals surface area contributed by atoms with E-state index < -0.39 is 10.0 Å². The molecule has 0 radical (unpaired) electrons. The van der Waals surface area contributed by atoms with Crippen LogP contribution in [0.1, 0.15) is 6.92 Å². The number of rotatable bonds is 2. The van der Waals surface area contributed by atoms with Gasteiger partial charge in [-0.15, -0.1) is 11.3 Å². The Labute approximate surface area is 102 Å². The molecule has 15 heavy (non-hydrogen) atoms. The third kappa shape index (κ3) is 2.13. The van der Waals surface area contributed by atoms with E-state index in [2.05, 4.69) is 22.9 Å². The van der Waals surface area contributed by atoms with E-state index in [4.69, 9.17) is 0 Å². The molecule has 1 aliphatic rings. The monoisotopic (exact) mass is 309 g/mol. The molecule has 1 saturated heterocycles. The van der Waals surface area contributed by atoms with Gasteiger partial charge in [0.05, 0.1) is 0 Å². The van der Waals surface area contributed by atoms with Gasteiger partial charge in [0, 0.05) is 17.9 Å². The Bertz CT molecular complexity index is 419. The van der Waals surface area contributed by atoms with E-state index in [1.54, 1.807) is 21.8 Å². The van der Waals surface area contributed by atoms with Crippen LogP contribution in [0.15, 0.2) is 21.7 Å². The van der Waals surface area contributed by atoms with Crippen molar-refractivity contribution in [1.29, 1.82) is 0 Å². The first-order chi connectivity index (χ1) is 7.01. The summed E-state index contributed by atoms with van der Waals surface area (Å²) in [4.78, 5) is 0.271. The lowest BCUT2D eigenvalue weighted by Gasteiger charge is -2.14. The van der Waals surface area contributed by atoms with Crippen LogP contribution in [-0.4, -0.2) is 30.6 Å². The molecule has 2 rings (SSSR count). The molecular weight excluding hydrogens is 298 g/mol. The topological polar surface area (TPSA) is 37.4 Å². The predicted molar refractivity (Wildman–Crippen MR) is 65.0 cm³/mol. The van der Waals surface area contributed by atoms with E-state index in [-0.39, 0.29) is 4.83 Å². The molecular formula is C9H12BrNO2S2. The largest absolute Gasteiger partial charge is 0.252 e. The summed E-state index contributed by atoms with van der Waals surface area (Å²) in [6, 6.07) is 3.43. The quantitative estimate of drug-likeness (QED) is 0.785. The Kier molecular flexibility index (Phi) is 3.21. The molecule has 0 N–H and O–H groups in total. The lowest BCUT2D eigenvalue weighted by atomic mass is 10.2. The number of alkyl halides is 1. The van der Waals surface area contributed by atoms with Gasteiger partial charge in [0.1, 0.15) is 4.21 Å². The van der Waals surface area contributed by atoms with Crippen molar-refractivity contribution < 1.29 is 8.42 Å². The molecule has 3 nitrogen and oxygen atoms in total. The van der Waals surface area contributed by atoms with Crippen molar-refractivity contribution in [2.45, 2.75) is 16.0 Å². The molecule has 0 aliphatic carbocycles. The summed E-state index contributed by atoms with van der Waals surface area (Å²) in [7, 11) is -3.24. The van der Waals surface area contributed by atoms with Gasteiger partial charge in [-0.3, -0.25) is 0 Å². The van der Waals surface area contributed by atoms with Crippen molar-refractivity contribution in [3.05, 3.63) is 17.5 Å². The highest BCUT2D eigenvalue weighted by Crippen LogP contribution is 2.29. The van der Waals surface area contributed by atoms with Crippen LogP contribution in [-0.2, 0) is 10.0 Å². The second-order valence-corrected chi connectivity index (χ2v) is 8.04. The summed E-state index contributed by atoms with van der Waals surface area (Å²) in [5.74, 6) is 0.375. The van der Waals surface area contributed by atoms with Crippen LogP contribution in [0.5, 0.6) is 0 Å². The summed E-state index contributed by atoms with van der Waals surface area (Å²) in [5.41, 5.74) is 0. The number of hydrogen-bond donors (Lipinski definition) is 0. The van der Waals surface area contributed by atoms with E-state index in [1.807, 2.05) is 0 Å². The van der Waals surface area contributed by atoms with E-state index in [0.29, 0.717) is 23.2 Å². The molecule has 2 unspecified atom stereocenters. The minimum atomic E-state index is -3.24. The fraction of sp³-hybridized carbons (Fsp3) is 0.556. The lowest BCUT2D eigenvalue weighted by molar-refractivity contribution is 0.466. The molecule has 6 heteroatoms. The van der Waals surface area contributed by atoms with Gasteiger partial charge in [0.2, 0.25) is 0 Å². The molecule has 0 saturated carbocycles. The smallest absolute Gasteiger partial charge is 0.206 e. The minimum absolute atomic E-state index is 0.271. The number of hydrogen-bond acceptors (Lipinski definition) is 3. The highest BCUT2D eigenvalue weighted by Gasteiger charge is 2.36. The van der Waals surface area contributed by atoms with E-state index in [9.17, 15) is 8.42 Å². The van der Waals surface area contributed by atoms with Crippen LogP contribution in [0.2, 0.25) is 0 Å². The van der Waals surface area contributed by atoms with Crippen molar-refractivity contribution >= 4 is 37.3 Å². The Morgan fingerprint density at radius 1 is 1.53 bits per heavy atom. The zero-order chi connectivity index (χ0) is 11.1. The van der Waals surface area contributed by atoms with Gasteiger partial charge in [0.25, 0.3) is 10.0 Å². The Morgan fingerprint density at radius 3 is 2.73 bits per heavy atom. The molecule has 0 bridgehead atoms. The van der Waals surface area contributed by atoms with Gasteiger partial charge in [-0.1, -0.05) is 28.9 Å². The molecule has 0 spiro atoms. The Hall–Kier alpha value is 0.0900. The highest BCUT2D eigenvalue weighted by molar-refractivity contribution is 9.09. The standard InChI is InChI=1S/C9H12BrNO2S2/c1-7-5-11(6-8(7)10)15(12,13)9-3-2-4-14-9/h2-4,7-8H,5-6H2,1H3. The first-order valence-electron chi connectivity index (χ1n) is 4.69. The van der Waals surface area contributed by atoms with Gasteiger partial charge >= 0.3 is 0 Å². The van der Waals surface area contributed by atoms with Gasteiger partial charge in [-0.2, -0.15) is 4.31 Å². The third-order valence-corrected chi connectivity index (χ3v) is 6.97. The first-order valence-corrected chi connectivity index (χ1v) is 7.93. The molecule has 2 heterocycles. The molecule has 1 fully saturated rings. The number of halogens is 1. The van der Waals surface area contributed by atoms with Crippen molar-refractivity contribution in [3.63, 3.8) is 0 Å². The lowest BCUT2D eigenvalue weighted by Crippen LogP contribution is -2.28. The third-order valence-electron chi connectivity index (χ3n) is 2.58. The summed E-state index contributed by atoms with van der Waals surface area (Å²) < 4.78 is 26.2. The second kappa shape index (κ2) is 4.16. The Morgan fingerprint density at radius 2 is 2.27 bits per heavy atom. The molecule has 2 atom stereocenters. The molecule has 1 aromatic rings. The minimum Gasteiger partial charge on any atom is -0.206 e.